The molecule has 2 N–H and O–H groups in total. The number of carbonyl (C=O) groups is 1. The Labute approximate surface area is 98.4 Å². The van der Waals surface area contributed by atoms with Crippen LogP contribution < -0.4 is 4.74 Å². The molecule has 0 saturated carbocycles. The molecule has 1 aromatic carbocycles. The van der Waals surface area contributed by atoms with Gasteiger partial charge in [0.1, 0.15) is 5.75 Å². The van der Waals surface area contributed by atoms with Gasteiger partial charge in [-0.25, -0.2) is 4.79 Å². The van der Waals surface area contributed by atoms with Gasteiger partial charge in [0.25, 0.3) is 0 Å². The lowest BCUT2D eigenvalue weighted by molar-refractivity contribution is -0.146. The van der Waals surface area contributed by atoms with Crippen LogP contribution in [0.4, 0.5) is 0 Å². The van der Waals surface area contributed by atoms with E-state index in [1.54, 1.807) is 12.1 Å². The molecular weight excluding hydrogens is 232 g/mol. The van der Waals surface area contributed by atoms with Crippen LogP contribution in [0.5, 0.6) is 5.75 Å². The van der Waals surface area contributed by atoms with Crippen molar-refractivity contribution in [2.75, 3.05) is 7.11 Å². The van der Waals surface area contributed by atoms with Crippen LogP contribution in [0.15, 0.2) is 12.1 Å². The normalized spacial score (nSPS) is 12.2. The molecule has 1 rings (SSSR count). The average molecular weight is 245 g/mol. The van der Waals surface area contributed by atoms with Crippen LogP contribution in [0.2, 0.25) is 5.02 Å². The standard InChI is InChI=1S/C11H13ClO4/c1-6-3-10(16-2)8(12)4-7(6)5-9(13)11(14)15/h3-4,9,13H,5H2,1-2H3,(H,14,15). The first kappa shape index (κ1) is 12.8. The lowest BCUT2D eigenvalue weighted by Crippen LogP contribution is -2.22. The van der Waals surface area contributed by atoms with Crippen LogP contribution in [0.1, 0.15) is 11.1 Å². The number of aliphatic carboxylic acids is 1. The molecule has 0 fully saturated rings. The van der Waals surface area contributed by atoms with Crippen molar-refractivity contribution in [1.82, 2.24) is 0 Å². The van der Waals surface area contributed by atoms with Gasteiger partial charge in [0.15, 0.2) is 6.10 Å². The molecule has 4 nitrogen and oxygen atoms in total. The van der Waals surface area contributed by atoms with E-state index in [2.05, 4.69) is 0 Å². The summed E-state index contributed by atoms with van der Waals surface area (Å²) in [6.07, 6.45) is -1.38. The Morgan fingerprint density at radius 1 is 1.56 bits per heavy atom. The van der Waals surface area contributed by atoms with Gasteiger partial charge in [-0.2, -0.15) is 0 Å². The fourth-order valence-corrected chi connectivity index (χ4v) is 1.63. The van der Waals surface area contributed by atoms with Gasteiger partial charge in [-0.1, -0.05) is 11.6 Å². The molecule has 0 bridgehead atoms. The minimum absolute atomic E-state index is 0.0326. The molecule has 0 amide bonds. The Hall–Kier alpha value is -1.26. The van der Waals surface area contributed by atoms with Gasteiger partial charge >= 0.3 is 5.97 Å². The number of aryl methyl sites for hydroxylation is 1. The molecule has 0 aromatic heterocycles. The molecule has 1 aromatic rings. The molecule has 1 unspecified atom stereocenters. The highest BCUT2D eigenvalue weighted by molar-refractivity contribution is 6.32. The molecule has 0 aliphatic rings. The second kappa shape index (κ2) is 5.18. The molecule has 0 saturated heterocycles. The highest BCUT2D eigenvalue weighted by atomic mass is 35.5. The quantitative estimate of drug-likeness (QED) is 0.845. The number of ether oxygens (including phenoxy) is 1. The summed E-state index contributed by atoms with van der Waals surface area (Å²) in [6, 6.07) is 3.33. The van der Waals surface area contributed by atoms with E-state index in [1.165, 1.54) is 7.11 Å². The lowest BCUT2D eigenvalue weighted by atomic mass is 10.0. The number of aliphatic hydroxyl groups is 1. The number of hydrogen-bond donors (Lipinski definition) is 2. The molecule has 5 heteroatoms. The maximum absolute atomic E-state index is 10.5. The number of methoxy groups -OCH3 is 1. The fourth-order valence-electron chi connectivity index (χ4n) is 1.37. The molecule has 88 valence electrons. The Morgan fingerprint density at radius 3 is 2.69 bits per heavy atom. The molecule has 16 heavy (non-hydrogen) atoms. The summed E-state index contributed by atoms with van der Waals surface area (Å²) in [5.74, 6) is -0.709. The Kier molecular flexibility index (Phi) is 4.15. The number of aliphatic hydroxyl groups excluding tert-OH is 1. The Morgan fingerprint density at radius 2 is 2.19 bits per heavy atom. The first-order chi connectivity index (χ1) is 7.45. The molecule has 1 atom stereocenters. The van der Waals surface area contributed by atoms with Crippen molar-refractivity contribution in [2.24, 2.45) is 0 Å². The minimum Gasteiger partial charge on any atom is -0.495 e. The number of hydrogen-bond acceptors (Lipinski definition) is 3. The lowest BCUT2D eigenvalue weighted by Gasteiger charge is -2.11. The topological polar surface area (TPSA) is 66.8 Å². The number of halogens is 1. The van der Waals surface area contributed by atoms with Gasteiger partial charge in [-0.15, -0.1) is 0 Å². The van der Waals surface area contributed by atoms with Crippen molar-refractivity contribution in [2.45, 2.75) is 19.4 Å². The number of rotatable bonds is 4. The predicted octanol–water partition coefficient (Wildman–Crippen LogP) is 1.65. The number of benzene rings is 1. The van der Waals surface area contributed by atoms with Crippen molar-refractivity contribution in [3.05, 3.63) is 28.3 Å². The average Bonchev–Trinajstić information content (AvgIpc) is 2.22. The van der Waals surface area contributed by atoms with Gasteiger partial charge in [0.2, 0.25) is 0 Å². The zero-order valence-electron chi connectivity index (χ0n) is 9.03. The van der Waals surface area contributed by atoms with E-state index < -0.39 is 12.1 Å². The van der Waals surface area contributed by atoms with Crippen LogP contribution >= 0.6 is 11.6 Å². The van der Waals surface area contributed by atoms with E-state index >= 15 is 0 Å². The van der Waals surface area contributed by atoms with E-state index in [1.807, 2.05) is 6.92 Å². The second-order valence-electron chi connectivity index (χ2n) is 3.47. The van der Waals surface area contributed by atoms with Crippen LogP contribution in [-0.2, 0) is 11.2 Å². The molecule has 0 aliphatic carbocycles. The van der Waals surface area contributed by atoms with Crippen molar-refractivity contribution >= 4 is 17.6 Å². The first-order valence-corrected chi connectivity index (χ1v) is 5.07. The summed E-state index contributed by atoms with van der Waals surface area (Å²) in [7, 11) is 1.51. The summed E-state index contributed by atoms with van der Waals surface area (Å²) in [4.78, 5) is 10.5. The van der Waals surface area contributed by atoms with Crippen LogP contribution in [0.3, 0.4) is 0 Å². The van der Waals surface area contributed by atoms with Crippen molar-refractivity contribution in [3.8, 4) is 5.75 Å². The third-order valence-electron chi connectivity index (χ3n) is 2.31. The molecule has 0 spiro atoms. The second-order valence-corrected chi connectivity index (χ2v) is 3.88. The van der Waals surface area contributed by atoms with Gasteiger partial charge in [-0.05, 0) is 30.2 Å². The number of carboxylic acid groups (broad SMARTS) is 1. The monoisotopic (exact) mass is 244 g/mol. The van der Waals surface area contributed by atoms with E-state index in [9.17, 15) is 9.90 Å². The Bertz CT molecular complexity index is 403. The minimum atomic E-state index is -1.41. The summed E-state index contributed by atoms with van der Waals surface area (Å²) < 4.78 is 5.02. The van der Waals surface area contributed by atoms with Crippen molar-refractivity contribution in [1.29, 1.82) is 0 Å². The third-order valence-corrected chi connectivity index (χ3v) is 2.60. The highest BCUT2D eigenvalue weighted by Crippen LogP contribution is 2.28. The van der Waals surface area contributed by atoms with Crippen LogP contribution in [0, 0.1) is 6.92 Å². The zero-order valence-corrected chi connectivity index (χ0v) is 9.78. The molecular formula is C11H13ClO4. The van der Waals surface area contributed by atoms with Gasteiger partial charge in [-0.3, -0.25) is 0 Å². The highest BCUT2D eigenvalue weighted by Gasteiger charge is 2.16. The van der Waals surface area contributed by atoms with E-state index in [4.69, 9.17) is 21.4 Å². The van der Waals surface area contributed by atoms with Gasteiger partial charge in [0.05, 0.1) is 12.1 Å². The van der Waals surface area contributed by atoms with Crippen molar-refractivity contribution < 1.29 is 19.7 Å². The molecule has 0 aliphatic heterocycles. The first-order valence-electron chi connectivity index (χ1n) is 4.69. The van der Waals surface area contributed by atoms with E-state index in [0.717, 1.165) is 5.56 Å². The summed E-state index contributed by atoms with van der Waals surface area (Å²) in [5, 5.41) is 18.2. The zero-order chi connectivity index (χ0) is 12.3. The summed E-state index contributed by atoms with van der Waals surface area (Å²) >= 11 is 5.91. The SMILES string of the molecule is COc1cc(C)c(CC(O)C(=O)O)cc1Cl. The molecule has 0 radical (unpaired) electrons. The Balaban J connectivity index is 2.98. The summed E-state index contributed by atoms with van der Waals surface area (Å²) in [5.41, 5.74) is 1.53. The van der Waals surface area contributed by atoms with E-state index in [0.29, 0.717) is 16.3 Å². The van der Waals surface area contributed by atoms with Gasteiger partial charge in [0, 0.05) is 6.42 Å². The van der Waals surface area contributed by atoms with Gasteiger partial charge < -0.3 is 14.9 Å². The maximum atomic E-state index is 10.5. The largest absolute Gasteiger partial charge is 0.495 e. The van der Waals surface area contributed by atoms with Crippen LogP contribution in [-0.4, -0.2) is 29.4 Å². The van der Waals surface area contributed by atoms with Crippen molar-refractivity contribution in [3.63, 3.8) is 0 Å². The van der Waals surface area contributed by atoms with E-state index in [-0.39, 0.29) is 6.42 Å². The van der Waals surface area contributed by atoms with Crippen LogP contribution in [0.25, 0.3) is 0 Å². The third kappa shape index (κ3) is 2.87. The number of carboxylic acids is 1. The predicted molar refractivity (Wildman–Crippen MR) is 60.1 cm³/mol. The fraction of sp³-hybridized carbons (Fsp3) is 0.364. The summed E-state index contributed by atoms with van der Waals surface area (Å²) in [6.45, 7) is 1.81. The maximum Gasteiger partial charge on any atom is 0.332 e. The molecule has 0 heterocycles. The smallest absolute Gasteiger partial charge is 0.332 e.